The van der Waals surface area contributed by atoms with Crippen LogP contribution >= 0.6 is 11.3 Å². The molecule has 0 aliphatic rings. The molecular formula is C16H20FNS. The molecule has 2 rings (SSSR count). The van der Waals surface area contributed by atoms with Crippen molar-refractivity contribution in [2.45, 2.75) is 39.3 Å². The number of halogens is 1. The van der Waals surface area contributed by atoms with Crippen LogP contribution in [-0.4, -0.2) is 0 Å². The van der Waals surface area contributed by atoms with E-state index in [-0.39, 0.29) is 11.9 Å². The zero-order valence-electron chi connectivity index (χ0n) is 11.4. The summed E-state index contributed by atoms with van der Waals surface area (Å²) >= 11 is 1.80. The molecule has 0 saturated carbocycles. The van der Waals surface area contributed by atoms with E-state index in [1.54, 1.807) is 11.3 Å². The zero-order valence-corrected chi connectivity index (χ0v) is 12.3. The van der Waals surface area contributed by atoms with Gasteiger partial charge in [0.25, 0.3) is 0 Å². The number of hydrogen-bond donors (Lipinski definition) is 1. The van der Waals surface area contributed by atoms with Crippen molar-refractivity contribution in [1.29, 1.82) is 0 Å². The summed E-state index contributed by atoms with van der Waals surface area (Å²) in [4.78, 5) is 1.41. The number of thiophene rings is 1. The van der Waals surface area contributed by atoms with Crippen LogP contribution in [0.25, 0.3) is 0 Å². The minimum atomic E-state index is -0.176. The van der Waals surface area contributed by atoms with Gasteiger partial charge in [-0.15, -0.1) is 11.3 Å². The third kappa shape index (κ3) is 3.64. The Morgan fingerprint density at radius 1 is 1.16 bits per heavy atom. The van der Waals surface area contributed by atoms with Crippen molar-refractivity contribution in [3.8, 4) is 0 Å². The van der Waals surface area contributed by atoms with Gasteiger partial charge in [-0.05, 0) is 47.5 Å². The number of benzene rings is 1. The molecule has 102 valence electrons. The van der Waals surface area contributed by atoms with Gasteiger partial charge in [0.15, 0.2) is 0 Å². The minimum Gasteiger partial charge on any atom is -0.305 e. The summed E-state index contributed by atoms with van der Waals surface area (Å²) in [6.07, 6.45) is 2.08. The molecule has 0 bridgehead atoms. The molecule has 0 aliphatic carbocycles. The molecule has 0 amide bonds. The van der Waals surface area contributed by atoms with E-state index in [2.05, 4.69) is 30.6 Å². The molecule has 1 atom stereocenters. The van der Waals surface area contributed by atoms with E-state index in [1.807, 2.05) is 12.1 Å². The van der Waals surface area contributed by atoms with Crippen LogP contribution in [0, 0.1) is 5.82 Å². The summed E-state index contributed by atoms with van der Waals surface area (Å²) in [5.41, 5.74) is 2.57. The molecule has 1 aromatic heterocycles. The highest BCUT2D eigenvalue weighted by Crippen LogP contribution is 2.21. The fourth-order valence-electron chi connectivity index (χ4n) is 2.25. The predicted molar refractivity (Wildman–Crippen MR) is 80.0 cm³/mol. The third-order valence-corrected chi connectivity index (χ3v) is 4.37. The van der Waals surface area contributed by atoms with Gasteiger partial charge in [-0.1, -0.05) is 26.0 Å². The van der Waals surface area contributed by atoms with E-state index in [1.165, 1.54) is 22.6 Å². The molecule has 1 aromatic carbocycles. The van der Waals surface area contributed by atoms with Gasteiger partial charge < -0.3 is 5.32 Å². The Labute approximate surface area is 118 Å². The molecule has 1 unspecified atom stereocenters. The Balaban J connectivity index is 2.01. The van der Waals surface area contributed by atoms with Crippen LogP contribution in [0.15, 0.2) is 35.7 Å². The molecular weight excluding hydrogens is 257 g/mol. The van der Waals surface area contributed by atoms with Crippen LogP contribution in [0.1, 0.15) is 42.3 Å². The van der Waals surface area contributed by atoms with Crippen LogP contribution in [0.3, 0.4) is 0 Å². The predicted octanol–water partition coefficient (Wildman–Crippen LogP) is 4.69. The molecule has 0 aliphatic heterocycles. The van der Waals surface area contributed by atoms with Crippen molar-refractivity contribution in [3.05, 3.63) is 57.5 Å². The summed E-state index contributed by atoms with van der Waals surface area (Å²) in [5.74, 6) is -0.176. The molecule has 0 fully saturated rings. The van der Waals surface area contributed by atoms with E-state index >= 15 is 0 Å². The molecule has 0 saturated heterocycles. The van der Waals surface area contributed by atoms with Crippen molar-refractivity contribution in [2.75, 3.05) is 0 Å². The summed E-state index contributed by atoms with van der Waals surface area (Å²) in [6.45, 7) is 5.22. The van der Waals surface area contributed by atoms with E-state index in [0.29, 0.717) is 0 Å². The first-order chi connectivity index (χ1) is 9.24. The van der Waals surface area contributed by atoms with E-state index in [4.69, 9.17) is 0 Å². The Morgan fingerprint density at radius 2 is 1.89 bits per heavy atom. The van der Waals surface area contributed by atoms with Gasteiger partial charge in [-0.2, -0.15) is 0 Å². The molecule has 2 aromatic rings. The normalized spacial score (nSPS) is 12.6. The van der Waals surface area contributed by atoms with Gasteiger partial charge >= 0.3 is 0 Å². The van der Waals surface area contributed by atoms with Crippen LogP contribution in [0.4, 0.5) is 4.39 Å². The first-order valence-electron chi connectivity index (χ1n) is 6.78. The van der Waals surface area contributed by atoms with Crippen LogP contribution in [0.2, 0.25) is 0 Å². The fourth-order valence-corrected chi connectivity index (χ4v) is 3.17. The SMILES string of the molecule is CCc1ccsc1CNC(CC)c1ccc(F)cc1. The first-order valence-corrected chi connectivity index (χ1v) is 7.66. The molecule has 19 heavy (non-hydrogen) atoms. The Morgan fingerprint density at radius 3 is 2.53 bits per heavy atom. The Hall–Kier alpha value is -1.19. The fraction of sp³-hybridized carbons (Fsp3) is 0.375. The standard InChI is InChI=1S/C16H20FNS/c1-3-12-9-10-19-16(12)11-18-15(4-2)13-5-7-14(17)8-6-13/h5-10,15,18H,3-4,11H2,1-2H3. The van der Waals surface area contributed by atoms with E-state index in [0.717, 1.165) is 24.9 Å². The highest BCUT2D eigenvalue weighted by Gasteiger charge is 2.10. The molecule has 1 heterocycles. The highest BCUT2D eigenvalue weighted by molar-refractivity contribution is 7.10. The Kier molecular flexibility index (Phi) is 5.11. The second kappa shape index (κ2) is 6.83. The summed E-state index contributed by atoms with van der Waals surface area (Å²) in [7, 11) is 0. The highest BCUT2D eigenvalue weighted by atomic mass is 32.1. The average molecular weight is 277 g/mol. The topological polar surface area (TPSA) is 12.0 Å². The van der Waals surface area contributed by atoms with Gasteiger partial charge in [0.2, 0.25) is 0 Å². The van der Waals surface area contributed by atoms with Gasteiger partial charge in [0, 0.05) is 17.5 Å². The smallest absolute Gasteiger partial charge is 0.123 e. The van der Waals surface area contributed by atoms with Crippen LogP contribution in [-0.2, 0) is 13.0 Å². The van der Waals surface area contributed by atoms with Crippen LogP contribution in [0.5, 0.6) is 0 Å². The van der Waals surface area contributed by atoms with E-state index < -0.39 is 0 Å². The van der Waals surface area contributed by atoms with Gasteiger partial charge in [0.1, 0.15) is 5.82 Å². The second-order valence-corrected chi connectivity index (χ2v) is 5.62. The van der Waals surface area contributed by atoms with Gasteiger partial charge in [-0.25, -0.2) is 4.39 Å². The van der Waals surface area contributed by atoms with Gasteiger partial charge in [-0.3, -0.25) is 0 Å². The number of hydrogen-bond acceptors (Lipinski definition) is 2. The van der Waals surface area contributed by atoms with Gasteiger partial charge in [0.05, 0.1) is 0 Å². The number of rotatable bonds is 6. The van der Waals surface area contributed by atoms with Crippen molar-refractivity contribution < 1.29 is 4.39 Å². The lowest BCUT2D eigenvalue weighted by Crippen LogP contribution is -2.20. The molecule has 1 N–H and O–H groups in total. The lowest BCUT2D eigenvalue weighted by Gasteiger charge is -2.17. The van der Waals surface area contributed by atoms with Crippen molar-refractivity contribution in [3.63, 3.8) is 0 Å². The van der Waals surface area contributed by atoms with E-state index in [9.17, 15) is 4.39 Å². The molecule has 0 spiro atoms. The van der Waals surface area contributed by atoms with Crippen molar-refractivity contribution in [1.82, 2.24) is 5.32 Å². The molecule has 3 heteroatoms. The first kappa shape index (κ1) is 14.2. The maximum Gasteiger partial charge on any atom is 0.123 e. The minimum absolute atomic E-state index is 0.176. The van der Waals surface area contributed by atoms with Crippen molar-refractivity contribution >= 4 is 11.3 Å². The summed E-state index contributed by atoms with van der Waals surface area (Å²) in [5, 5.41) is 5.72. The van der Waals surface area contributed by atoms with Crippen molar-refractivity contribution in [2.24, 2.45) is 0 Å². The monoisotopic (exact) mass is 277 g/mol. The van der Waals surface area contributed by atoms with Crippen LogP contribution < -0.4 is 5.32 Å². The second-order valence-electron chi connectivity index (χ2n) is 4.62. The third-order valence-electron chi connectivity index (χ3n) is 3.41. The quantitative estimate of drug-likeness (QED) is 0.807. The Bertz CT molecular complexity index is 504. The number of nitrogens with one attached hydrogen (secondary N) is 1. The lowest BCUT2D eigenvalue weighted by molar-refractivity contribution is 0.519. The molecule has 1 nitrogen and oxygen atoms in total. The summed E-state index contributed by atoms with van der Waals surface area (Å²) in [6, 6.07) is 9.27. The lowest BCUT2D eigenvalue weighted by atomic mass is 10.0. The molecule has 0 radical (unpaired) electrons. The zero-order chi connectivity index (χ0) is 13.7. The maximum absolute atomic E-state index is 12.9. The summed E-state index contributed by atoms with van der Waals surface area (Å²) < 4.78 is 12.9. The largest absolute Gasteiger partial charge is 0.305 e. The number of aryl methyl sites for hydroxylation is 1. The average Bonchev–Trinajstić information content (AvgIpc) is 2.89. The maximum atomic E-state index is 12.9.